The zero-order chi connectivity index (χ0) is 7.35. The molecule has 2 fully saturated rings. The highest BCUT2D eigenvalue weighted by Crippen LogP contribution is 2.51. The van der Waals surface area contributed by atoms with E-state index in [1.165, 1.54) is 19.5 Å². The summed E-state index contributed by atoms with van der Waals surface area (Å²) in [4.78, 5) is 0. The van der Waals surface area contributed by atoms with Crippen molar-refractivity contribution in [3.8, 4) is 0 Å². The third kappa shape index (κ3) is 0.713. The molecule has 2 rings (SSSR count). The zero-order valence-corrected chi connectivity index (χ0v) is 6.67. The average molecular weight is 141 g/mol. The van der Waals surface area contributed by atoms with Crippen molar-refractivity contribution >= 4 is 0 Å². The fraction of sp³-hybridized carbons (Fsp3) is 1.00. The quantitative estimate of drug-likeness (QED) is 0.534. The van der Waals surface area contributed by atoms with Crippen LogP contribution in [0.2, 0.25) is 0 Å². The van der Waals surface area contributed by atoms with Gasteiger partial charge in [-0.3, -0.25) is 0 Å². The Hall–Kier alpha value is -0.120. The predicted molar refractivity (Wildman–Crippen MR) is 40.3 cm³/mol. The molecule has 1 saturated heterocycles. The minimum Gasteiger partial charge on any atom is -0.327 e. The van der Waals surface area contributed by atoms with E-state index in [0.717, 1.165) is 0 Å². The highest BCUT2D eigenvalue weighted by atomic mass is 15.6. The molecule has 1 spiro atoms. The van der Waals surface area contributed by atoms with E-state index in [1.807, 2.05) is 0 Å². The lowest BCUT2D eigenvalue weighted by atomic mass is 9.98. The summed E-state index contributed by atoms with van der Waals surface area (Å²) in [5.41, 5.74) is 6.33. The van der Waals surface area contributed by atoms with E-state index >= 15 is 0 Å². The van der Waals surface area contributed by atoms with Crippen molar-refractivity contribution in [2.75, 3.05) is 27.2 Å². The van der Waals surface area contributed by atoms with Gasteiger partial charge in [-0.25, -0.2) is 10.0 Å². The molecule has 1 saturated carbocycles. The van der Waals surface area contributed by atoms with Crippen LogP contribution in [0.1, 0.15) is 6.42 Å². The van der Waals surface area contributed by atoms with Gasteiger partial charge in [-0.2, -0.15) is 0 Å². The Morgan fingerprint density at radius 1 is 1.50 bits per heavy atom. The summed E-state index contributed by atoms with van der Waals surface area (Å²) in [7, 11) is 4.17. The van der Waals surface area contributed by atoms with Crippen LogP contribution in [-0.2, 0) is 0 Å². The third-order valence-electron chi connectivity index (χ3n) is 2.81. The Bertz CT molecular complexity index is 149. The van der Waals surface area contributed by atoms with Gasteiger partial charge in [0.05, 0.1) is 0 Å². The number of nitrogens with two attached hydrogens (primary N) is 1. The van der Waals surface area contributed by atoms with Gasteiger partial charge in [0.1, 0.15) is 0 Å². The van der Waals surface area contributed by atoms with E-state index in [0.29, 0.717) is 11.5 Å². The predicted octanol–water partition coefficient (Wildman–Crippen LogP) is -0.504. The fourth-order valence-electron chi connectivity index (χ4n) is 1.71. The van der Waals surface area contributed by atoms with Gasteiger partial charge >= 0.3 is 0 Å². The van der Waals surface area contributed by atoms with Gasteiger partial charge < -0.3 is 5.73 Å². The van der Waals surface area contributed by atoms with Crippen molar-refractivity contribution in [2.24, 2.45) is 11.1 Å². The topological polar surface area (TPSA) is 32.5 Å². The second-order valence-corrected chi connectivity index (χ2v) is 3.84. The molecule has 10 heavy (non-hydrogen) atoms. The summed E-state index contributed by atoms with van der Waals surface area (Å²) in [5.74, 6) is 0. The second-order valence-electron chi connectivity index (χ2n) is 3.84. The Morgan fingerprint density at radius 3 is 2.30 bits per heavy atom. The Morgan fingerprint density at radius 2 is 2.00 bits per heavy atom. The summed E-state index contributed by atoms with van der Waals surface area (Å²) in [6.45, 7) is 2.36. The molecule has 1 atom stereocenters. The monoisotopic (exact) mass is 141 g/mol. The van der Waals surface area contributed by atoms with Crippen LogP contribution in [0.25, 0.3) is 0 Å². The maximum absolute atomic E-state index is 5.78. The first kappa shape index (κ1) is 6.58. The maximum atomic E-state index is 5.78. The molecular formula is C7H15N3. The molecule has 1 heterocycles. The highest BCUT2D eigenvalue weighted by molar-refractivity contribution is 5.14. The van der Waals surface area contributed by atoms with Crippen LogP contribution in [0.3, 0.4) is 0 Å². The van der Waals surface area contributed by atoms with Crippen LogP contribution >= 0.6 is 0 Å². The van der Waals surface area contributed by atoms with Crippen LogP contribution < -0.4 is 5.73 Å². The van der Waals surface area contributed by atoms with Crippen molar-refractivity contribution in [3.63, 3.8) is 0 Å². The molecule has 0 aromatic rings. The smallest absolute Gasteiger partial charge is 0.0218 e. The summed E-state index contributed by atoms with van der Waals surface area (Å²) >= 11 is 0. The van der Waals surface area contributed by atoms with Gasteiger partial charge in [0, 0.05) is 38.6 Å². The number of hydrazine groups is 1. The first-order chi connectivity index (χ1) is 4.64. The minimum atomic E-state index is 0.503. The first-order valence-electron chi connectivity index (χ1n) is 3.82. The molecule has 1 aliphatic heterocycles. The third-order valence-corrected chi connectivity index (χ3v) is 2.81. The SMILES string of the molecule is CN(C)N1CC2(CC2N)C1. The van der Waals surface area contributed by atoms with Crippen LogP contribution in [-0.4, -0.2) is 43.2 Å². The zero-order valence-electron chi connectivity index (χ0n) is 6.67. The van der Waals surface area contributed by atoms with Crippen molar-refractivity contribution in [1.29, 1.82) is 0 Å². The van der Waals surface area contributed by atoms with Crippen molar-refractivity contribution < 1.29 is 0 Å². The fourth-order valence-corrected chi connectivity index (χ4v) is 1.71. The molecule has 0 bridgehead atoms. The molecule has 3 heteroatoms. The maximum Gasteiger partial charge on any atom is 0.0218 e. The number of hydrogen-bond acceptors (Lipinski definition) is 3. The molecule has 1 unspecified atom stereocenters. The molecule has 0 radical (unpaired) electrons. The Labute approximate surface area is 61.7 Å². The van der Waals surface area contributed by atoms with Gasteiger partial charge in [-0.05, 0) is 6.42 Å². The number of nitrogens with zero attached hydrogens (tertiary/aromatic N) is 2. The van der Waals surface area contributed by atoms with Crippen molar-refractivity contribution in [2.45, 2.75) is 12.5 Å². The summed E-state index contributed by atoms with van der Waals surface area (Å²) in [6.07, 6.45) is 1.25. The lowest BCUT2D eigenvalue weighted by molar-refractivity contribution is -0.0844. The van der Waals surface area contributed by atoms with Crippen molar-refractivity contribution in [3.05, 3.63) is 0 Å². The van der Waals surface area contributed by atoms with Gasteiger partial charge in [0.2, 0.25) is 0 Å². The molecule has 1 aliphatic carbocycles. The molecule has 0 amide bonds. The highest BCUT2D eigenvalue weighted by Gasteiger charge is 2.60. The van der Waals surface area contributed by atoms with E-state index < -0.39 is 0 Å². The molecule has 0 aromatic heterocycles. The standard InChI is InChI=1S/C7H15N3/c1-9(2)10-4-7(5-10)3-6(7)8/h6H,3-5,8H2,1-2H3. The summed E-state index contributed by atoms with van der Waals surface area (Å²) in [6, 6.07) is 0.503. The summed E-state index contributed by atoms with van der Waals surface area (Å²) in [5, 5.41) is 4.48. The van der Waals surface area contributed by atoms with Crippen LogP contribution in [0.15, 0.2) is 0 Å². The average Bonchev–Trinajstić information content (AvgIpc) is 2.36. The molecule has 2 aliphatic rings. The number of hydrogen-bond donors (Lipinski definition) is 1. The number of rotatable bonds is 1. The molecule has 0 aromatic carbocycles. The Balaban J connectivity index is 1.84. The van der Waals surface area contributed by atoms with E-state index in [1.54, 1.807) is 0 Å². The van der Waals surface area contributed by atoms with Crippen LogP contribution in [0, 0.1) is 5.41 Å². The normalized spacial score (nSPS) is 36.6. The second kappa shape index (κ2) is 1.72. The van der Waals surface area contributed by atoms with Gasteiger partial charge in [0.15, 0.2) is 0 Å². The lowest BCUT2D eigenvalue weighted by Gasteiger charge is -2.44. The van der Waals surface area contributed by atoms with Gasteiger partial charge in [0.25, 0.3) is 0 Å². The van der Waals surface area contributed by atoms with Gasteiger partial charge in [-0.15, -0.1) is 0 Å². The van der Waals surface area contributed by atoms with Crippen LogP contribution in [0.4, 0.5) is 0 Å². The summed E-state index contributed by atoms with van der Waals surface area (Å²) < 4.78 is 0. The van der Waals surface area contributed by atoms with Gasteiger partial charge in [-0.1, -0.05) is 0 Å². The van der Waals surface area contributed by atoms with E-state index in [2.05, 4.69) is 24.1 Å². The molecule has 58 valence electrons. The molecular weight excluding hydrogens is 126 g/mol. The molecule has 2 N–H and O–H groups in total. The van der Waals surface area contributed by atoms with Crippen LogP contribution in [0.5, 0.6) is 0 Å². The first-order valence-corrected chi connectivity index (χ1v) is 3.82. The van der Waals surface area contributed by atoms with Crippen molar-refractivity contribution in [1.82, 2.24) is 10.0 Å². The Kier molecular flexibility index (Phi) is 1.14. The molecule has 3 nitrogen and oxygen atoms in total. The largest absolute Gasteiger partial charge is 0.327 e. The van der Waals surface area contributed by atoms with E-state index in [9.17, 15) is 0 Å². The minimum absolute atomic E-state index is 0.503. The van der Waals surface area contributed by atoms with E-state index in [-0.39, 0.29) is 0 Å². The lowest BCUT2D eigenvalue weighted by Crippen LogP contribution is -2.56. The van der Waals surface area contributed by atoms with E-state index in [4.69, 9.17) is 5.73 Å².